The molecule has 1 aromatic carbocycles. The van der Waals surface area contributed by atoms with E-state index in [1.165, 1.54) is 0 Å². The van der Waals surface area contributed by atoms with E-state index in [4.69, 9.17) is 11.6 Å². The second kappa shape index (κ2) is 8.29. The molecular weight excluding hydrogens is 384 g/mol. The van der Waals surface area contributed by atoms with Crippen molar-refractivity contribution >= 4 is 23.4 Å². The number of aryl methyl sites for hydroxylation is 1. The molecule has 0 N–H and O–H groups in total. The number of benzene rings is 1. The van der Waals surface area contributed by atoms with Crippen molar-refractivity contribution in [1.29, 1.82) is 0 Å². The lowest BCUT2D eigenvalue weighted by molar-refractivity contribution is -0.152. The molecule has 4 nitrogen and oxygen atoms in total. The summed E-state index contributed by atoms with van der Waals surface area (Å²) in [4.78, 5) is 30.4. The highest BCUT2D eigenvalue weighted by Gasteiger charge is 2.49. The third-order valence-corrected chi connectivity index (χ3v) is 7.65. The molecular formula is C24H33ClN2O2. The molecule has 0 aliphatic carbocycles. The summed E-state index contributed by atoms with van der Waals surface area (Å²) in [5, 5.41) is 0.645. The van der Waals surface area contributed by atoms with Crippen LogP contribution in [0, 0.1) is 24.7 Å². The van der Waals surface area contributed by atoms with E-state index >= 15 is 0 Å². The van der Waals surface area contributed by atoms with E-state index in [0.29, 0.717) is 46.7 Å². The highest BCUT2D eigenvalue weighted by Crippen LogP contribution is 2.43. The smallest absolute Gasteiger partial charge is 0.253 e. The average Bonchev–Trinajstić information content (AvgIpc) is 2.69. The molecule has 4 atom stereocenters. The van der Waals surface area contributed by atoms with Crippen LogP contribution in [0.4, 0.5) is 0 Å². The summed E-state index contributed by atoms with van der Waals surface area (Å²) in [6.45, 7) is 7.96. The molecule has 0 saturated carbocycles. The van der Waals surface area contributed by atoms with Gasteiger partial charge in [-0.3, -0.25) is 9.59 Å². The second-order valence-electron chi connectivity index (χ2n) is 9.73. The molecule has 3 aliphatic rings. The van der Waals surface area contributed by atoms with Crippen LogP contribution in [0.2, 0.25) is 5.02 Å². The first-order chi connectivity index (χ1) is 13.8. The van der Waals surface area contributed by atoms with Gasteiger partial charge < -0.3 is 9.80 Å². The number of rotatable bonds is 4. The van der Waals surface area contributed by atoms with Gasteiger partial charge in [0.25, 0.3) is 5.91 Å². The Kier molecular flexibility index (Phi) is 5.92. The topological polar surface area (TPSA) is 40.6 Å². The first kappa shape index (κ1) is 20.7. The molecule has 29 heavy (non-hydrogen) atoms. The van der Waals surface area contributed by atoms with E-state index < -0.39 is 0 Å². The van der Waals surface area contributed by atoms with Crippen molar-refractivity contribution in [2.75, 3.05) is 13.1 Å². The number of likely N-dealkylation sites (tertiary alicyclic amines) is 1. The van der Waals surface area contributed by atoms with Crippen LogP contribution >= 0.6 is 11.6 Å². The van der Waals surface area contributed by atoms with Crippen LogP contribution in [-0.2, 0) is 4.79 Å². The summed E-state index contributed by atoms with van der Waals surface area (Å²) in [5.74, 6) is 1.84. The molecule has 158 valence electrons. The molecule has 0 spiro atoms. The van der Waals surface area contributed by atoms with Crippen LogP contribution in [0.1, 0.15) is 68.3 Å². The number of nitrogens with zero attached hydrogens (tertiary/aromatic N) is 2. The van der Waals surface area contributed by atoms with E-state index in [0.717, 1.165) is 50.8 Å². The molecule has 3 fully saturated rings. The van der Waals surface area contributed by atoms with Crippen molar-refractivity contribution in [1.82, 2.24) is 9.80 Å². The monoisotopic (exact) mass is 416 g/mol. The maximum absolute atomic E-state index is 13.3. The lowest BCUT2D eigenvalue weighted by Crippen LogP contribution is -2.65. The van der Waals surface area contributed by atoms with E-state index in [1.807, 2.05) is 24.0 Å². The zero-order valence-electron chi connectivity index (χ0n) is 17.9. The van der Waals surface area contributed by atoms with Crippen LogP contribution < -0.4 is 0 Å². The summed E-state index contributed by atoms with van der Waals surface area (Å²) >= 11 is 6.28. The van der Waals surface area contributed by atoms with Gasteiger partial charge in [0.1, 0.15) is 0 Å². The average molecular weight is 417 g/mol. The van der Waals surface area contributed by atoms with Crippen LogP contribution in [0.5, 0.6) is 0 Å². The number of carbonyl (C=O) groups is 2. The number of amides is 2. The largest absolute Gasteiger partial charge is 0.338 e. The maximum Gasteiger partial charge on any atom is 0.253 e. The fourth-order valence-electron chi connectivity index (χ4n) is 5.73. The number of carbonyl (C=O) groups excluding carboxylic acids is 2. The third kappa shape index (κ3) is 4.05. The lowest BCUT2D eigenvalue weighted by Gasteiger charge is -2.57. The van der Waals surface area contributed by atoms with Gasteiger partial charge in [0, 0.05) is 42.2 Å². The maximum atomic E-state index is 13.3. The van der Waals surface area contributed by atoms with Crippen LogP contribution in [0.15, 0.2) is 18.2 Å². The van der Waals surface area contributed by atoms with Gasteiger partial charge in [-0.25, -0.2) is 0 Å². The molecule has 0 radical (unpaired) electrons. The summed E-state index contributed by atoms with van der Waals surface area (Å²) < 4.78 is 0. The molecule has 3 aliphatic heterocycles. The van der Waals surface area contributed by atoms with Gasteiger partial charge in [0.2, 0.25) is 5.91 Å². The highest BCUT2D eigenvalue weighted by atomic mass is 35.5. The van der Waals surface area contributed by atoms with Crippen molar-refractivity contribution in [2.45, 2.75) is 71.4 Å². The predicted octanol–water partition coefficient (Wildman–Crippen LogP) is 4.93. The van der Waals surface area contributed by atoms with Crippen molar-refractivity contribution in [3.63, 3.8) is 0 Å². The van der Waals surface area contributed by atoms with Gasteiger partial charge in [0.05, 0.1) is 0 Å². The Morgan fingerprint density at radius 3 is 2.72 bits per heavy atom. The molecule has 5 heteroatoms. The van der Waals surface area contributed by atoms with Crippen molar-refractivity contribution in [3.8, 4) is 0 Å². The summed E-state index contributed by atoms with van der Waals surface area (Å²) in [7, 11) is 0. The Balaban J connectivity index is 1.58. The van der Waals surface area contributed by atoms with Crippen molar-refractivity contribution in [3.05, 3.63) is 34.3 Å². The van der Waals surface area contributed by atoms with Crippen LogP contribution in [0.25, 0.3) is 0 Å². The molecule has 2 bridgehead atoms. The lowest BCUT2D eigenvalue weighted by atomic mass is 9.70. The molecule has 4 rings (SSSR count). The number of hydrogen-bond donors (Lipinski definition) is 0. The van der Waals surface area contributed by atoms with Crippen molar-refractivity contribution < 1.29 is 9.59 Å². The molecule has 3 saturated heterocycles. The first-order valence-electron chi connectivity index (χ1n) is 11.2. The number of fused-ring (bicyclic) bond motifs is 4. The molecule has 1 aromatic rings. The minimum atomic E-state index is 0.0831. The molecule has 0 aromatic heterocycles. The Bertz CT molecular complexity index is 793. The van der Waals surface area contributed by atoms with Crippen molar-refractivity contribution in [2.24, 2.45) is 17.8 Å². The van der Waals surface area contributed by atoms with E-state index in [9.17, 15) is 9.59 Å². The first-order valence-corrected chi connectivity index (χ1v) is 11.6. The Morgan fingerprint density at radius 1 is 1.24 bits per heavy atom. The number of halogens is 1. The quantitative estimate of drug-likeness (QED) is 0.698. The Labute approximate surface area is 179 Å². The predicted molar refractivity (Wildman–Crippen MR) is 116 cm³/mol. The fraction of sp³-hybridized carbons (Fsp3) is 0.667. The zero-order valence-corrected chi connectivity index (χ0v) is 18.6. The van der Waals surface area contributed by atoms with Gasteiger partial charge in [-0.15, -0.1) is 0 Å². The minimum Gasteiger partial charge on any atom is -0.338 e. The van der Waals surface area contributed by atoms with Gasteiger partial charge in [-0.1, -0.05) is 31.5 Å². The van der Waals surface area contributed by atoms with Crippen LogP contribution in [0.3, 0.4) is 0 Å². The zero-order chi connectivity index (χ0) is 20.7. The standard InChI is InChI=1S/C24H33ClN2O2/c1-15(2)7-10-22-19-11-18(21-5-4-6-23(28)27(21)22)13-26(14-19)24(29)17-9-8-16(3)20(25)12-17/h8-9,12,15,18-19,21-22H,4-7,10-11,13-14H2,1-3H3/t18-,19+,21+,22+/m1/s1. The number of piperidine rings is 3. The van der Waals surface area contributed by atoms with Gasteiger partial charge in [0.15, 0.2) is 0 Å². The summed E-state index contributed by atoms with van der Waals surface area (Å²) in [6.07, 6.45) is 6.09. The molecule has 3 heterocycles. The van der Waals surface area contributed by atoms with E-state index in [-0.39, 0.29) is 11.9 Å². The second-order valence-corrected chi connectivity index (χ2v) is 10.1. The Hall–Kier alpha value is -1.55. The normalized spacial score (nSPS) is 29.2. The van der Waals surface area contributed by atoms with Gasteiger partial charge in [-0.05, 0) is 74.5 Å². The SMILES string of the molecule is Cc1ccc(C(=O)N2C[C@H]3C[C@@H](C2)[C@H](CCC(C)C)N2C(=O)CCC[C@@H]32)cc1Cl. The van der Waals surface area contributed by atoms with E-state index in [1.54, 1.807) is 6.07 Å². The molecule has 0 unspecified atom stereocenters. The highest BCUT2D eigenvalue weighted by molar-refractivity contribution is 6.31. The summed E-state index contributed by atoms with van der Waals surface area (Å²) in [5.41, 5.74) is 1.67. The van der Waals surface area contributed by atoms with E-state index in [2.05, 4.69) is 18.7 Å². The summed E-state index contributed by atoms with van der Waals surface area (Å²) in [6, 6.07) is 6.20. The fourth-order valence-corrected chi connectivity index (χ4v) is 5.91. The van der Waals surface area contributed by atoms with Gasteiger partial charge in [-0.2, -0.15) is 0 Å². The number of hydrogen-bond acceptors (Lipinski definition) is 2. The van der Waals surface area contributed by atoms with Crippen LogP contribution in [-0.4, -0.2) is 46.8 Å². The third-order valence-electron chi connectivity index (χ3n) is 7.24. The Morgan fingerprint density at radius 2 is 2.00 bits per heavy atom. The van der Waals surface area contributed by atoms with Gasteiger partial charge >= 0.3 is 0 Å². The minimum absolute atomic E-state index is 0.0831. The molecule has 2 amide bonds.